The third-order valence-corrected chi connectivity index (χ3v) is 10.2. The van der Waals surface area contributed by atoms with Crippen LogP contribution in [0.1, 0.15) is 87.5 Å². The number of likely N-dealkylation sites (tertiary alicyclic amines) is 2. The average molecular weight is 632 g/mol. The molecule has 3 saturated heterocycles. The van der Waals surface area contributed by atoms with E-state index in [1.54, 1.807) is 4.90 Å². The molecular formula is C35H45F4N3O3. The second kappa shape index (κ2) is 12.6. The monoisotopic (exact) mass is 631 g/mol. The summed E-state index contributed by atoms with van der Waals surface area (Å²) in [6.07, 6.45) is -1.90. The lowest BCUT2D eigenvalue weighted by Crippen LogP contribution is -2.53. The number of carboxylic acids is 1. The van der Waals surface area contributed by atoms with Crippen LogP contribution in [-0.4, -0.2) is 77.3 Å². The molecule has 0 spiro atoms. The van der Waals surface area contributed by atoms with E-state index in [-0.39, 0.29) is 18.0 Å². The Morgan fingerprint density at radius 3 is 2.09 bits per heavy atom. The molecule has 0 saturated carbocycles. The van der Waals surface area contributed by atoms with Gasteiger partial charge in [0.15, 0.2) is 0 Å². The first kappa shape index (κ1) is 33.2. The Hall–Kier alpha value is -3.14. The van der Waals surface area contributed by atoms with Crippen molar-refractivity contribution in [1.82, 2.24) is 9.80 Å². The number of halogens is 4. The van der Waals surface area contributed by atoms with Crippen LogP contribution in [0.3, 0.4) is 0 Å². The fourth-order valence-corrected chi connectivity index (χ4v) is 7.26. The standard InChI is InChI=1S/C35H45F4N3O3/c1-5-23-6-8-25(9-7-23)29-21-42(33(2,3)4)22-34(29,36)32(45)41-18-12-24(13-19-41)28-11-10-27(35(37,38)39)20-30(28)40-16-14-26(15-17-40)31(43)44/h6-11,20,24,26,29H,5,12-19,21-22H2,1-4H3,(H,43,44)/t29-,34-/m0/s1. The molecule has 246 valence electrons. The van der Waals surface area contributed by atoms with E-state index in [2.05, 4.69) is 6.92 Å². The normalized spacial score (nSPS) is 24.3. The van der Waals surface area contributed by atoms with Gasteiger partial charge in [-0.1, -0.05) is 37.3 Å². The number of aliphatic carboxylic acids is 1. The van der Waals surface area contributed by atoms with E-state index in [1.807, 2.05) is 54.8 Å². The molecule has 6 nitrogen and oxygen atoms in total. The van der Waals surface area contributed by atoms with E-state index >= 15 is 4.39 Å². The Morgan fingerprint density at radius 2 is 1.56 bits per heavy atom. The van der Waals surface area contributed by atoms with Crippen LogP contribution in [-0.2, 0) is 22.2 Å². The summed E-state index contributed by atoms with van der Waals surface area (Å²) < 4.78 is 58.3. The number of aryl methyl sites for hydroxylation is 1. The molecule has 0 bridgehead atoms. The summed E-state index contributed by atoms with van der Waals surface area (Å²) in [6.45, 7) is 9.92. The fraction of sp³-hybridized carbons (Fsp3) is 0.600. The van der Waals surface area contributed by atoms with Crippen LogP contribution in [0.5, 0.6) is 0 Å². The van der Waals surface area contributed by atoms with Crippen molar-refractivity contribution in [3.63, 3.8) is 0 Å². The number of hydrogen-bond acceptors (Lipinski definition) is 4. The van der Waals surface area contributed by atoms with E-state index in [1.165, 1.54) is 12.1 Å². The highest BCUT2D eigenvalue weighted by atomic mass is 19.4. The number of nitrogens with zero attached hydrogens (tertiary/aromatic N) is 3. The Kier molecular flexibility index (Phi) is 9.28. The number of carbonyl (C=O) groups is 2. The van der Waals surface area contributed by atoms with Gasteiger partial charge in [0.25, 0.3) is 5.91 Å². The van der Waals surface area contributed by atoms with Gasteiger partial charge in [0.05, 0.1) is 11.5 Å². The number of hydrogen-bond donors (Lipinski definition) is 1. The van der Waals surface area contributed by atoms with E-state index in [0.717, 1.165) is 29.2 Å². The number of piperidine rings is 2. The zero-order valence-electron chi connectivity index (χ0n) is 26.7. The SMILES string of the molecule is CCc1ccc([C@@H]2CN(C(C)(C)C)C[C@@]2(F)C(=O)N2CCC(c3ccc(C(F)(F)F)cc3N3CCC(C(=O)O)CC3)CC2)cc1. The van der Waals surface area contributed by atoms with Gasteiger partial charge in [0, 0.05) is 56.4 Å². The van der Waals surface area contributed by atoms with Crippen molar-refractivity contribution < 1.29 is 32.3 Å². The van der Waals surface area contributed by atoms with Gasteiger partial charge >= 0.3 is 12.1 Å². The van der Waals surface area contributed by atoms with Gasteiger partial charge in [0.1, 0.15) is 0 Å². The van der Waals surface area contributed by atoms with Crippen LogP contribution in [0.2, 0.25) is 0 Å². The molecule has 3 heterocycles. The van der Waals surface area contributed by atoms with Crippen LogP contribution in [0.4, 0.5) is 23.2 Å². The second-order valence-electron chi connectivity index (χ2n) is 14.0. The van der Waals surface area contributed by atoms with Gasteiger partial charge in [-0.2, -0.15) is 13.2 Å². The first-order valence-electron chi connectivity index (χ1n) is 16.1. The topological polar surface area (TPSA) is 64.1 Å². The minimum atomic E-state index is -4.51. The van der Waals surface area contributed by atoms with Crippen molar-refractivity contribution in [3.05, 3.63) is 64.7 Å². The Bertz CT molecular complexity index is 1370. The Balaban J connectivity index is 1.35. The van der Waals surface area contributed by atoms with Gasteiger partial charge in [0.2, 0.25) is 5.67 Å². The minimum absolute atomic E-state index is 0.00477. The van der Waals surface area contributed by atoms with Crippen LogP contribution < -0.4 is 4.90 Å². The van der Waals surface area contributed by atoms with Crippen molar-refractivity contribution in [2.24, 2.45) is 5.92 Å². The quantitative estimate of drug-likeness (QED) is 0.352. The number of carboxylic acid groups (broad SMARTS) is 1. The van der Waals surface area contributed by atoms with Crippen LogP contribution in [0.25, 0.3) is 0 Å². The van der Waals surface area contributed by atoms with E-state index in [0.29, 0.717) is 64.1 Å². The molecule has 1 N–H and O–H groups in total. The lowest BCUT2D eigenvalue weighted by atomic mass is 9.83. The van der Waals surface area contributed by atoms with Gasteiger partial charge in [-0.05, 0) is 87.6 Å². The maximum Gasteiger partial charge on any atom is 0.416 e. The number of alkyl halides is 4. The summed E-state index contributed by atoms with van der Waals surface area (Å²) in [7, 11) is 0. The van der Waals surface area contributed by atoms with Gasteiger partial charge in [-0.25, -0.2) is 4.39 Å². The molecule has 1 amide bonds. The van der Waals surface area contributed by atoms with E-state index < -0.39 is 41.1 Å². The lowest BCUT2D eigenvalue weighted by molar-refractivity contribution is -0.145. The number of carbonyl (C=O) groups excluding carboxylic acids is 1. The maximum absolute atomic E-state index is 17.2. The zero-order chi connectivity index (χ0) is 32.7. The number of rotatable bonds is 6. The number of anilines is 1. The van der Waals surface area contributed by atoms with Crippen molar-refractivity contribution in [3.8, 4) is 0 Å². The van der Waals surface area contributed by atoms with Crippen molar-refractivity contribution in [1.29, 1.82) is 0 Å². The fourth-order valence-electron chi connectivity index (χ4n) is 7.26. The Morgan fingerprint density at radius 1 is 0.933 bits per heavy atom. The van der Waals surface area contributed by atoms with E-state index in [9.17, 15) is 27.9 Å². The molecule has 45 heavy (non-hydrogen) atoms. The number of amides is 1. The minimum Gasteiger partial charge on any atom is -0.481 e. The molecule has 3 fully saturated rings. The molecule has 0 aliphatic carbocycles. The molecule has 3 aliphatic rings. The summed E-state index contributed by atoms with van der Waals surface area (Å²) in [5.41, 5.74) is 0.0564. The lowest BCUT2D eigenvalue weighted by Gasteiger charge is -2.39. The summed E-state index contributed by atoms with van der Waals surface area (Å²) in [4.78, 5) is 31.0. The summed E-state index contributed by atoms with van der Waals surface area (Å²) in [5.74, 6) is -2.61. The smallest absolute Gasteiger partial charge is 0.416 e. The predicted molar refractivity (Wildman–Crippen MR) is 166 cm³/mol. The molecule has 3 aliphatic heterocycles. The average Bonchev–Trinajstić information content (AvgIpc) is 3.39. The molecular weight excluding hydrogens is 586 g/mol. The van der Waals surface area contributed by atoms with Crippen molar-refractivity contribution >= 4 is 17.6 Å². The maximum atomic E-state index is 17.2. The molecule has 5 rings (SSSR count). The highest BCUT2D eigenvalue weighted by Crippen LogP contribution is 2.45. The molecule has 10 heteroatoms. The van der Waals surface area contributed by atoms with Gasteiger partial charge < -0.3 is 14.9 Å². The third-order valence-electron chi connectivity index (χ3n) is 10.2. The first-order chi connectivity index (χ1) is 21.1. The largest absolute Gasteiger partial charge is 0.481 e. The summed E-state index contributed by atoms with van der Waals surface area (Å²) >= 11 is 0. The molecule has 0 unspecified atom stereocenters. The first-order valence-corrected chi connectivity index (χ1v) is 16.1. The molecule has 2 aromatic rings. The van der Waals surface area contributed by atoms with E-state index in [4.69, 9.17) is 0 Å². The highest BCUT2D eigenvalue weighted by Gasteiger charge is 2.57. The van der Waals surface area contributed by atoms with Crippen molar-refractivity contribution in [2.75, 3.05) is 44.2 Å². The number of benzene rings is 2. The van der Waals surface area contributed by atoms with Gasteiger partial charge in [-0.15, -0.1) is 0 Å². The predicted octanol–water partition coefficient (Wildman–Crippen LogP) is 6.88. The molecule has 2 aromatic carbocycles. The van der Waals surface area contributed by atoms with Crippen LogP contribution >= 0.6 is 0 Å². The second-order valence-corrected chi connectivity index (χ2v) is 14.0. The third kappa shape index (κ3) is 6.86. The molecule has 0 aromatic heterocycles. The summed E-state index contributed by atoms with van der Waals surface area (Å²) in [5, 5.41) is 9.40. The highest BCUT2D eigenvalue weighted by molar-refractivity contribution is 5.87. The molecule has 2 atom stereocenters. The summed E-state index contributed by atoms with van der Waals surface area (Å²) in [6, 6.07) is 11.7. The zero-order valence-corrected chi connectivity index (χ0v) is 26.7. The van der Waals surface area contributed by atoms with Crippen molar-refractivity contribution in [2.45, 2.75) is 89.0 Å². The Labute approximate surface area is 263 Å². The molecule has 0 radical (unpaired) electrons. The van der Waals surface area contributed by atoms with Gasteiger partial charge in [-0.3, -0.25) is 14.5 Å². The van der Waals surface area contributed by atoms with Crippen LogP contribution in [0.15, 0.2) is 42.5 Å². The van der Waals surface area contributed by atoms with Crippen LogP contribution in [0, 0.1) is 5.92 Å².